The molecule has 94 valence electrons. The highest BCUT2D eigenvalue weighted by Gasteiger charge is 2.15. The molecule has 0 amide bonds. The largest absolute Gasteiger partial charge is 0.388 e. The van der Waals surface area contributed by atoms with Gasteiger partial charge in [-0.25, -0.2) is 0 Å². The molecular formula is C17H15NO. The van der Waals surface area contributed by atoms with Crippen LogP contribution in [0.3, 0.4) is 0 Å². The Labute approximate surface area is 112 Å². The maximum absolute atomic E-state index is 11.3. The average Bonchev–Trinajstić information content (AvgIpc) is 2.47. The molecule has 3 rings (SSSR count). The predicted octanol–water partition coefficient (Wildman–Crippen LogP) is 3.41. The summed E-state index contributed by atoms with van der Waals surface area (Å²) < 4.78 is 0. The molecule has 0 aliphatic heterocycles. The van der Waals surface area contributed by atoms with E-state index in [0.29, 0.717) is 0 Å². The second-order valence-corrected chi connectivity index (χ2v) is 4.72. The summed E-state index contributed by atoms with van der Waals surface area (Å²) in [4.78, 5) is 11.3. The SMILES string of the molecule is C=C(NC)c1ccc2c3c(ccc(C=O)c13)CC=C2. The van der Waals surface area contributed by atoms with Crippen LogP contribution in [0, 0.1) is 0 Å². The first-order valence-electron chi connectivity index (χ1n) is 6.33. The standard InChI is InChI=1S/C17H15NO/c1-11(18-2)15-9-8-13-5-3-4-12-6-7-14(10-19)17(15)16(12)13/h3,5-10,18H,1,4H2,2H3. The Morgan fingerprint density at radius 3 is 2.84 bits per heavy atom. The average molecular weight is 249 g/mol. The summed E-state index contributed by atoms with van der Waals surface area (Å²) in [7, 11) is 1.85. The summed E-state index contributed by atoms with van der Waals surface area (Å²) in [6.07, 6.45) is 6.12. The zero-order valence-corrected chi connectivity index (χ0v) is 10.9. The molecule has 0 heterocycles. The van der Waals surface area contributed by atoms with E-state index >= 15 is 0 Å². The molecule has 0 spiro atoms. The maximum atomic E-state index is 11.3. The third-order valence-electron chi connectivity index (χ3n) is 3.70. The minimum absolute atomic E-state index is 0.724. The van der Waals surface area contributed by atoms with Crippen LogP contribution in [0.25, 0.3) is 22.5 Å². The van der Waals surface area contributed by atoms with Gasteiger partial charge < -0.3 is 5.32 Å². The van der Waals surface area contributed by atoms with E-state index in [2.05, 4.69) is 30.1 Å². The fourth-order valence-corrected chi connectivity index (χ4v) is 2.73. The van der Waals surface area contributed by atoms with Crippen molar-refractivity contribution in [2.75, 3.05) is 7.05 Å². The molecule has 1 N–H and O–H groups in total. The van der Waals surface area contributed by atoms with Gasteiger partial charge in [0, 0.05) is 29.3 Å². The van der Waals surface area contributed by atoms with Gasteiger partial charge in [0.05, 0.1) is 0 Å². The summed E-state index contributed by atoms with van der Waals surface area (Å²) in [6.45, 7) is 4.03. The van der Waals surface area contributed by atoms with E-state index in [0.717, 1.165) is 34.9 Å². The summed E-state index contributed by atoms with van der Waals surface area (Å²) in [6, 6.07) is 8.07. The van der Waals surface area contributed by atoms with Gasteiger partial charge in [-0.1, -0.05) is 43.0 Å². The van der Waals surface area contributed by atoms with E-state index in [9.17, 15) is 4.79 Å². The molecule has 0 bridgehead atoms. The van der Waals surface area contributed by atoms with Gasteiger partial charge in [0.2, 0.25) is 0 Å². The van der Waals surface area contributed by atoms with Gasteiger partial charge in [-0.15, -0.1) is 0 Å². The summed E-state index contributed by atoms with van der Waals surface area (Å²) in [5.74, 6) is 0. The Morgan fingerprint density at radius 2 is 2.11 bits per heavy atom. The number of allylic oxidation sites excluding steroid dienone is 1. The normalized spacial score (nSPS) is 12.5. The van der Waals surface area contributed by atoms with Crippen LogP contribution in [0.4, 0.5) is 0 Å². The molecule has 19 heavy (non-hydrogen) atoms. The van der Waals surface area contributed by atoms with Crippen LogP contribution in [-0.4, -0.2) is 13.3 Å². The molecule has 0 aromatic heterocycles. The van der Waals surface area contributed by atoms with Gasteiger partial charge in [0.1, 0.15) is 0 Å². The lowest BCUT2D eigenvalue weighted by molar-refractivity contribution is 0.112. The fourth-order valence-electron chi connectivity index (χ4n) is 2.73. The quantitative estimate of drug-likeness (QED) is 0.844. The van der Waals surface area contributed by atoms with E-state index < -0.39 is 0 Å². The molecular weight excluding hydrogens is 234 g/mol. The third-order valence-corrected chi connectivity index (χ3v) is 3.70. The highest BCUT2D eigenvalue weighted by Crippen LogP contribution is 2.34. The second-order valence-electron chi connectivity index (χ2n) is 4.72. The lowest BCUT2D eigenvalue weighted by atomic mass is 9.87. The zero-order chi connectivity index (χ0) is 13.4. The number of aldehydes is 1. The first-order valence-corrected chi connectivity index (χ1v) is 6.33. The summed E-state index contributed by atoms with van der Waals surface area (Å²) >= 11 is 0. The van der Waals surface area contributed by atoms with Gasteiger partial charge in [0.25, 0.3) is 0 Å². The van der Waals surface area contributed by atoms with Crippen molar-refractivity contribution in [3.63, 3.8) is 0 Å². The van der Waals surface area contributed by atoms with Crippen molar-refractivity contribution in [1.82, 2.24) is 5.32 Å². The smallest absolute Gasteiger partial charge is 0.150 e. The minimum Gasteiger partial charge on any atom is -0.388 e. The molecule has 0 radical (unpaired) electrons. The van der Waals surface area contributed by atoms with E-state index in [1.54, 1.807) is 0 Å². The third kappa shape index (κ3) is 1.68. The Kier molecular flexibility index (Phi) is 2.71. The van der Waals surface area contributed by atoms with Crippen LogP contribution in [0.15, 0.2) is 36.9 Å². The fraction of sp³-hybridized carbons (Fsp3) is 0.118. The van der Waals surface area contributed by atoms with Crippen molar-refractivity contribution in [2.45, 2.75) is 6.42 Å². The molecule has 1 aliphatic carbocycles. The van der Waals surface area contributed by atoms with Gasteiger partial charge in [0.15, 0.2) is 6.29 Å². The van der Waals surface area contributed by atoms with Crippen LogP contribution < -0.4 is 5.32 Å². The second kappa shape index (κ2) is 4.39. The summed E-state index contributed by atoms with van der Waals surface area (Å²) in [5, 5.41) is 5.26. The van der Waals surface area contributed by atoms with E-state index in [1.807, 2.05) is 25.2 Å². The van der Waals surface area contributed by atoms with Crippen molar-refractivity contribution in [3.05, 3.63) is 59.2 Å². The van der Waals surface area contributed by atoms with Gasteiger partial charge >= 0.3 is 0 Å². The molecule has 0 saturated heterocycles. The first kappa shape index (κ1) is 11.7. The van der Waals surface area contributed by atoms with Crippen LogP contribution in [0.5, 0.6) is 0 Å². The number of carbonyl (C=O) groups is 1. The van der Waals surface area contributed by atoms with Crippen LogP contribution in [0.2, 0.25) is 0 Å². The topological polar surface area (TPSA) is 29.1 Å². The van der Waals surface area contributed by atoms with E-state index in [-0.39, 0.29) is 0 Å². The molecule has 0 saturated carbocycles. The molecule has 2 aromatic rings. The Bertz CT molecular complexity index is 726. The van der Waals surface area contributed by atoms with E-state index in [4.69, 9.17) is 0 Å². The van der Waals surface area contributed by atoms with Crippen LogP contribution in [-0.2, 0) is 6.42 Å². The monoisotopic (exact) mass is 249 g/mol. The van der Waals surface area contributed by atoms with Gasteiger partial charge in [-0.05, 0) is 22.9 Å². The molecule has 0 unspecified atom stereocenters. The highest BCUT2D eigenvalue weighted by molar-refractivity contribution is 6.08. The lowest BCUT2D eigenvalue weighted by Crippen LogP contribution is -2.06. The minimum atomic E-state index is 0.724. The number of hydrogen-bond donors (Lipinski definition) is 1. The molecule has 0 atom stereocenters. The number of carbonyl (C=O) groups excluding carboxylic acids is 1. The molecule has 2 aromatic carbocycles. The zero-order valence-electron chi connectivity index (χ0n) is 10.9. The van der Waals surface area contributed by atoms with Gasteiger partial charge in [-0.2, -0.15) is 0 Å². The Balaban J connectivity index is 2.48. The molecule has 2 heteroatoms. The van der Waals surface area contributed by atoms with E-state index in [1.165, 1.54) is 16.5 Å². The number of rotatable bonds is 3. The van der Waals surface area contributed by atoms with Gasteiger partial charge in [-0.3, -0.25) is 4.79 Å². The summed E-state index contributed by atoms with van der Waals surface area (Å²) in [5.41, 5.74) is 5.00. The maximum Gasteiger partial charge on any atom is 0.150 e. The first-order chi connectivity index (χ1) is 9.26. The van der Waals surface area contributed by atoms with Crippen molar-refractivity contribution in [3.8, 4) is 0 Å². The highest BCUT2D eigenvalue weighted by atomic mass is 16.1. The molecule has 1 aliphatic rings. The van der Waals surface area contributed by atoms with Crippen molar-refractivity contribution >= 4 is 28.8 Å². The van der Waals surface area contributed by atoms with Crippen molar-refractivity contribution in [2.24, 2.45) is 0 Å². The number of hydrogen-bond acceptors (Lipinski definition) is 2. The van der Waals surface area contributed by atoms with Crippen LogP contribution >= 0.6 is 0 Å². The van der Waals surface area contributed by atoms with Crippen molar-refractivity contribution in [1.29, 1.82) is 0 Å². The lowest BCUT2D eigenvalue weighted by Gasteiger charge is -2.18. The van der Waals surface area contributed by atoms with Crippen molar-refractivity contribution < 1.29 is 4.79 Å². The van der Waals surface area contributed by atoms with Crippen LogP contribution in [0.1, 0.15) is 27.0 Å². The Hall–Kier alpha value is -2.35. The Morgan fingerprint density at radius 1 is 1.26 bits per heavy atom. The molecule has 2 nitrogen and oxygen atoms in total. The molecule has 0 fully saturated rings. The predicted molar refractivity (Wildman–Crippen MR) is 80.2 cm³/mol. The number of benzene rings is 2. The number of nitrogens with one attached hydrogen (secondary N) is 1.